The van der Waals surface area contributed by atoms with Crippen LogP contribution in [0.25, 0.3) is 0 Å². The summed E-state index contributed by atoms with van der Waals surface area (Å²) in [4.78, 5) is 26.9. The fraction of sp³-hybridized carbons (Fsp3) is 0.765. The molecule has 6 nitrogen and oxygen atoms in total. The van der Waals surface area contributed by atoms with E-state index in [1.54, 1.807) is 26.8 Å². The average molecular weight is 361 g/mol. The van der Waals surface area contributed by atoms with E-state index in [4.69, 9.17) is 4.74 Å². The van der Waals surface area contributed by atoms with E-state index in [2.05, 4.69) is 5.32 Å². The summed E-state index contributed by atoms with van der Waals surface area (Å²) in [5.41, 5.74) is -0.683. The molecule has 1 rings (SSSR count). The van der Waals surface area contributed by atoms with E-state index in [9.17, 15) is 18.4 Å². The van der Waals surface area contributed by atoms with Gasteiger partial charge in [0, 0.05) is 38.7 Å². The molecule has 0 bridgehead atoms. The lowest BCUT2D eigenvalue weighted by atomic mass is 9.93. The summed E-state index contributed by atoms with van der Waals surface area (Å²) in [6.45, 7) is 5.35. The summed E-state index contributed by atoms with van der Waals surface area (Å²) < 4.78 is 33.4. The average Bonchev–Trinajstić information content (AvgIpc) is 2.43. The van der Waals surface area contributed by atoms with Crippen LogP contribution in [0.5, 0.6) is 0 Å². The molecule has 1 heterocycles. The Morgan fingerprint density at radius 2 is 2.00 bits per heavy atom. The van der Waals surface area contributed by atoms with E-state index in [-0.39, 0.29) is 19.6 Å². The van der Waals surface area contributed by atoms with Crippen LogP contribution in [0.1, 0.15) is 27.2 Å². The van der Waals surface area contributed by atoms with Crippen LogP contribution in [0.2, 0.25) is 0 Å². The number of likely N-dealkylation sites (tertiary alicyclic amines) is 1. The summed E-state index contributed by atoms with van der Waals surface area (Å²) in [6.07, 6.45) is 1.93. The Balaban J connectivity index is 2.59. The Kier molecular flexibility index (Phi) is 7.34. The summed E-state index contributed by atoms with van der Waals surface area (Å²) in [6, 6.07) is 0. The predicted octanol–water partition coefficient (Wildman–Crippen LogP) is 2.11. The monoisotopic (exact) mass is 361 g/mol. The van der Waals surface area contributed by atoms with E-state index in [1.165, 1.54) is 11.0 Å². The van der Waals surface area contributed by atoms with Gasteiger partial charge >= 0.3 is 6.09 Å². The third kappa shape index (κ3) is 7.81. The second kappa shape index (κ2) is 8.60. The highest BCUT2D eigenvalue weighted by Crippen LogP contribution is 2.33. The molecule has 1 fully saturated rings. The first-order chi connectivity index (χ1) is 11.4. The first-order valence-electron chi connectivity index (χ1n) is 8.35. The molecule has 0 aromatic rings. The van der Waals surface area contributed by atoms with E-state index in [0.29, 0.717) is 6.54 Å². The molecule has 1 N–H and O–H groups in total. The van der Waals surface area contributed by atoms with Crippen LogP contribution in [0, 0.1) is 5.92 Å². The number of nitrogens with one attached hydrogen (secondary N) is 1. The molecule has 1 aliphatic rings. The number of piperidine rings is 1. The number of amides is 2. The zero-order chi connectivity index (χ0) is 19.3. The largest absolute Gasteiger partial charge is 0.444 e. The zero-order valence-corrected chi connectivity index (χ0v) is 15.6. The molecular formula is C17H29F2N3O3. The Morgan fingerprint density at radius 3 is 2.56 bits per heavy atom. The van der Waals surface area contributed by atoms with Gasteiger partial charge in [0.1, 0.15) is 5.60 Å². The third-order valence-corrected chi connectivity index (χ3v) is 3.67. The number of alkyl halides is 2. The fourth-order valence-electron chi connectivity index (χ4n) is 2.34. The number of hydrogen-bond donors (Lipinski definition) is 1. The Labute approximate surface area is 148 Å². The van der Waals surface area contributed by atoms with Gasteiger partial charge in [-0.15, -0.1) is 0 Å². The second-order valence-corrected chi connectivity index (χ2v) is 7.54. The van der Waals surface area contributed by atoms with Gasteiger partial charge < -0.3 is 19.9 Å². The number of nitrogens with zero attached hydrogens (tertiary/aromatic N) is 2. The van der Waals surface area contributed by atoms with Gasteiger partial charge in [-0.05, 0) is 34.9 Å². The molecule has 1 saturated heterocycles. The molecule has 0 spiro atoms. The van der Waals surface area contributed by atoms with Gasteiger partial charge in [-0.3, -0.25) is 4.79 Å². The predicted molar refractivity (Wildman–Crippen MR) is 91.6 cm³/mol. The van der Waals surface area contributed by atoms with Gasteiger partial charge in [0.05, 0.1) is 5.92 Å². The number of halogens is 2. The molecule has 25 heavy (non-hydrogen) atoms. The van der Waals surface area contributed by atoms with Crippen molar-refractivity contribution in [1.82, 2.24) is 15.1 Å². The maximum Gasteiger partial charge on any atom is 0.410 e. The van der Waals surface area contributed by atoms with Crippen molar-refractivity contribution in [3.63, 3.8) is 0 Å². The molecule has 1 unspecified atom stereocenters. The lowest BCUT2D eigenvalue weighted by Crippen LogP contribution is -2.53. The quantitative estimate of drug-likeness (QED) is 0.762. The van der Waals surface area contributed by atoms with Crippen molar-refractivity contribution in [2.24, 2.45) is 5.92 Å². The molecule has 8 heteroatoms. The Hall–Kier alpha value is -1.70. The zero-order valence-electron chi connectivity index (χ0n) is 15.6. The minimum absolute atomic E-state index is 0.0604. The Bertz CT molecular complexity index is 502. The minimum Gasteiger partial charge on any atom is -0.444 e. The van der Waals surface area contributed by atoms with Crippen molar-refractivity contribution in [2.45, 2.75) is 38.7 Å². The molecular weight excluding hydrogens is 332 g/mol. The number of hydrogen-bond acceptors (Lipinski definition) is 4. The topological polar surface area (TPSA) is 61.9 Å². The fourth-order valence-corrected chi connectivity index (χ4v) is 2.34. The highest BCUT2D eigenvalue weighted by molar-refractivity contribution is 5.87. The van der Waals surface area contributed by atoms with Crippen molar-refractivity contribution >= 4 is 12.0 Å². The Morgan fingerprint density at radius 1 is 1.36 bits per heavy atom. The molecule has 1 aliphatic heterocycles. The van der Waals surface area contributed by atoms with Crippen LogP contribution in [0.15, 0.2) is 12.2 Å². The van der Waals surface area contributed by atoms with Crippen molar-refractivity contribution in [3.05, 3.63) is 12.2 Å². The minimum atomic E-state index is -2.93. The van der Waals surface area contributed by atoms with Gasteiger partial charge in [0.25, 0.3) is 5.92 Å². The smallest absolute Gasteiger partial charge is 0.410 e. The van der Waals surface area contributed by atoms with E-state index in [0.717, 1.165) is 0 Å². The van der Waals surface area contributed by atoms with Crippen LogP contribution in [-0.4, -0.2) is 73.6 Å². The highest BCUT2D eigenvalue weighted by atomic mass is 19.3. The van der Waals surface area contributed by atoms with Crippen molar-refractivity contribution in [2.75, 3.05) is 40.3 Å². The summed E-state index contributed by atoms with van der Waals surface area (Å²) in [7, 11) is 3.71. The van der Waals surface area contributed by atoms with Gasteiger partial charge in [-0.25, -0.2) is 13.6 Å². The molecule has 0 radical (unpaired) electrons. The van der Waals surface area contributed by atoms with Crippen molar-refractivity contribution in [1.29, 1.82) is 0 Å². The van der Waals surface area contributed by atoms with Gasteiger partial charge in [-0.2, -0.15) is 0 Å². The number of rotatable bonds is 5. The number of carbonyl (C=O) groups is 2. The molecule has 2 amide bonds. The molecule has 1 atom stereocenters. The highest BCUT2D eigenvalue weighted by Gasteiger charge is 2.45. The number of likely N-dealkylation sites (N-methyl/N-ethyl adjacent to an activating group) is 1. The standard InChI is InChI=1S/C17H29F2N3O3/c1-16(2,3)25-15(24)22-10-8-17(18,19)13(12-22)11-20-14(23)7-6-9-21(4)5/h6-7,13H,8-12H2,1-5H3,(H,20,23)/b7-6+. The maximum atomic E-state index is 14.1. The third-order valence-electron chi connectivity index (χ3n) is 3.67. The van der Waals surface area contributed by atoms with Crippen molar-refractivity contribution in [3.8, 4) is 0 Å². The number of ether oxygens (including phenoxy) is 1. The lowest BCUT2D eigenvalue weighted by Gasteiger charge is -2.38. The summed E-state index contributed by atoms with van der Waals surface area (Å²) in [5.74, 6) is -4.49. The molecule has 0 aromatic carbocycles. The molecule has 0 aromatic heterocycles. The first-order valence-corrected chi connectivity index (χ1v) is 8.35. The van der Waals surface area contributed by atoms with E-state index < -0.39 is 35.9 Å². The maximum absolute atomic E-state index is 14.1. The lowest BCUT2D eigenvalue weighted by molar-refractivity contribution is -0.120. The molecule has 144 valence electrons. The molecule has 0 saturated carbocycles. The van der Waals surface area contributed by atoms with Crippen molar-refractivity contribution < 1.29 is 23.1 Å². The van der Waals surface area contributed by atoms with E-state index in [1.807, 2.05) is 19.0 Å². The summed E-state index contributed by atoms with van der Waals surface area (Å²) in [5, 5.41) is 2.49. The molecule has 0 aliphatic carbocycles. The van der Waals surface area contributed by atoms with Gasteiger partial charge in [0.2, 0.25) is 5.91 Å². The van der Waals surface area contributed by atoms with Crippen LogP contribution in [-0.2, 0) is 9.53 Å². The summed E-state index contributed by atoms with van der Waals surface area (Å²) >= 11 is 0. The van der Waals surface area contributed by atoms with Gasteiger partial charge in [-0.1, -0.05) is 6.08 Å². The number of carbonyl (C=O) groups excluding carboxylic acids is 2. The van der Waals surface area contributed by atoms with Crippen LogP contribution in [0.3, 0.4) is 0 Å². The normalized spacial score (nSPS) is 20.8. The second-order valence-electron chi connectivity index (χ2n) is 7.54. The SMILES string of the molecule is CN(C)C/C=C/C(=O)NCC1CN(C(=O)OC(C)(C)C)CCC1(F)F. The van der Waals surface area contributed by atoms with Crippen LogP contribution in [0.4, 0.5) is 13.6 Å². The van der Waals surface area contributed by atoms with Gasteiger partial charge in [0.15, 0.2) is 0 Å². The first kappa shape index (κ1) is 21.3. The van der Waals surface area contributed by atoms with Crippen LogP contribution >= 0.6 is 0 Å². The van der Waals surface area contributed by atoms with Crippen LogP contribution < -0.4 is 5.32 Å². The van der Waals surface area contributed by atoms with E-state index >= 15 is 0 Å².